The Labute approximate surface area is 148 Å². The Morgan fingerprint density at radius 1 is 1.27 bits per heavy atom. The van der Waals surface area contributed by atoms with Crippen molar-refractivity contribution in [3.63, 3.8) is 0 Å². The molecule has 0 unspecified atom stereocenters. The Morgan fingerprint density at radius 2 is 2.09 bits per heavy atom. The predicted octanol–water partition coefficient (Wildman–Crippen LogP) is 2.88. The van der Waals surface area contributed by atoms with Crippen LogP contribution in [0.3, 0.4) is 0 Å². The Morgan fingerprint density at radius 3 is 2.82 bits per heavy atom. The minimum Gasteiger partial charge on any atom is -0.385 e. The number of hydrogen-bond acceptors (Lipinski definition) is 2. The van der Waals surface area contributed by atoms with Crippen LogP contribution in [0.4, 0.5) is 0 Å². The quantitative estimate of drug-likeness (QED) is 0.282. The summed E-state index contributed by atoms with van der Waals surface area (Å²) in [5.74, 6) is 0.840. The number of benzene rings is 1. The molecule has 0 aliphatic rings. The number of ether oxygens (including phenoxy) is 1. The van der Waals surface area contributed by atoms with Crippen molar-refractivity contribution >= 4 is 40.8 Å². The molecule has 0 aliphatic heterocycles. The van der Waals surface area contributed by atoms with Crippen LogP contribution in [0.25, 0.3) is 10.9 Å². The normalized spacial score (nSPS) is 11.3. The Hall–Kier alpha value is -1.28. The van der Waals surface area contributed by atoms with Crippen molar-refractivity contribution in [1.82, 2.24) is 15.6 Å². The zero-order valence-electron chi connectivity index (χ0n) is 13.2. The summed E-state index contributed by atoms with van der Waals surface area (Å²) in [6.45, 7) is 5.16. The summed E-state index contributed by atoms with van der Waals surface area (Å²) in [6.07, 6.45) is 0.966. The van der Waals surface area contributed by atoms with Gasteiger partial charge in [0.25, 0.3) is 0 Å². The molecule has 0 saturated heterocycles. The average molecular weight is 416 g/mol. The van der Waals surface area contributed by atoms with Crippen molar-refractivity contribution in [2.24, 2.45) is 4.99 Å². The van der Waals surface area contributed by atoms with Crippen molar-refractivity contribution in [2.45, 2.75) is 19.9 Å². The van der Waals surface area contributed by atoms with Crippen LogP contribution in [0.1, 0.15) is 19.0 Å². The van der Waals surface area contributed by atoms with Crippen LogP contribution in [0, 0.1) is 0 Å². The van der Waals surface area contributed by atoms with Crippen LogP contribution in [0.2, 0.25) is 0 Å². The van der Waals surface area contributed by atoms with E-state index in [1.165, 1.54) is 5.39 Å². The third-order valence-electron chi connectivity index (χ3n) is 3.16. The lowest BCUT2D eigenvalue weighted by molar-refractivity contribution is 0.195. The topological polar surface area (TPSA) is 61.4 Å². The van der Waals surface area contributed by atoms with Crippen LogP contribution in [0.15, 0.2) is 35.3 Å². The zero-order chi connectivity index (χ0) is 14.9. The molecule has 0 amide bonds. The molecule has 2 aromatic rings. The molecule has 5 nitrogen and oxygen atoms in total. The molecule has 0 fully saturated rings. The van der Waals surface area contributed by atoms with Crippen molar-refractivity contribution in [3.05, 3.63) is 36.0 Å². The average Bonchev–Trinajstić information content (AvgIpc) is 2.92. The molecular formula is C16H25IN4O. The molecule has 1 heterocycles. The number of methoxy groups -OCH3 is 1. The van der Waals surface area contributed by atoms with Crippen LogP contribution in [0.5, 0.6) is 0 Å². The molecule has 3 N–H and O–H groups in total. The zero-order valence-corrected chi connectivity index (χ0v) is 15.5. The highest BCUT2D eigenvalue weighted by molar-refractivity contribution is 14.0. The Balaban J connectivity index is 0.00000242. The fourth-order valence-corrected chi connectivity index (χ4v) is 2.15. The molecule has 6 heteroatoms. The molecule has 0 radical (unpaired) electrons. The van der Waals surface area contributed by atoms with E-state index in [2.05, 4.69) is 45.7 Å². The second-order valence-corrected chi connectivity index (χ2v) is 4.85. The highest BCUT2D eigenvalue weighted by Crippen LogP contribution is 2.14. The molecule has 0 atom stereocenters. The second kappa shape index (κ2) is 10.4. The second-order valence-electron chi connectivity index (χ2n) is 4.85. The molecule has 22 heavy (non-hydrogen) atoms. The number of para-hydroxylation sites is 1. The SMILES string of the molecule is CCNC(=NCc1cc2ccccc2[nH]1)NCCCOC.I. The highest BCUT2D eigenvalue weighted by Gasteiger charge is 2.01. The first kappa shape index (κ1) is 18.8. The summed E-state index contributed by atoms with van der Waals surface area (Å²) in [4.78, 5) is 7.99. The number of halogens is 1. The van der Waals surface area contributed by atoms with Crippen molar-refractivity contribution in [1.29, 1.82) is 0 Å². The van der Waals surface area contributed by atoms with Gasteiger partial charge in [-0.1, -0.05) is 18.2 Å². The van der Waals surface area contributed by atoms with Gasteiger partial charge >= 0.3 is 0 Å². The number of aromatic amines is 1. The van der Waals surface area contributed by atoms with E-state index in [1.807, 2.05) is 12.1 Å². The molecule has 122 valence electrons. The molecule has 0 spiro atoms. The van der Waals surface area contributed by atoms with Gasteiger partial charge in [0.1, 0.15) is 0 Å². The summed E-state index contributed by atoms with van der Waals surface area (Å²) >= 11 is 0. The fraction of sp³-hybridized carbons (Fsp3) is 0.438. The van der Waals surface area contributed by atoms with Gasteiger partial charge in [-0.25, -0.2) is 4.99 Å². The van der Waals surface area contributed by atoms with Gasteiger partial charge in [-0.05, 0) is 30.9 Å². The first-order valence-electron chi connectivity index (χ1n) is 7.41. The number of aliphatic imine (C=N–C) groups is 1. The Bertz CT molecular complexity index is 549. The van der Waals surface area contributed by atoms with Crippen molar-refractivity contribution in [2.75, 3.05) is 26.8 Å². The maximum atomic E-state index is 5.04. The van der Waals surface area contributed by atoms with Crippen LogP contribution >= 0.6 is 24.0 Å². The number of aromatic nitrogens is 1. The van der Waals surface area contributed by atoms with Crippen LogP contribution in [-0.4, -0.2) is 37.7 Å². The summed E-state index contributed by atoms with van der Waals surface area (Å²) in [6, 6.07) is 10.4. The largest absolute Gasteiger partial charge is 0.385 e. The molecule has 1 aromatic carbocycles. The minimum absolute atomic E-state index is 0. The van der Waals surface area contributed by atoms with Gasteiger partial charge in [-0.2, -0.15) is 0 Å². The van der Waals surface area contributed by atoms with Gasteiger partial charge < -0.3 is 20.4 Å². The van der Waals surface area contributed by atoms with E-state index in [0.29, 0.717) is 6.54 Å². The third kappa shape index (κ3) is 5.84. The van der Waals surface area contributed by atoms with Crippen molar-refractivity contribution in [3.8, 4) is 0 Å². The summed E-state index contributed by atoms with van der Waals surface area (Å²) in [5.41, 5.74) is 2.27. The van der Waals surface area contributed by atoms with Crippen LogP contribution in [-0.2, 0) is 11.3 Å². The molecule has 2 rings (SSSR count). The fourth-order valence-electron chi connectivity index (χ4n) is 2.15. The smallest absolute Gasteiger partial charge is 0.191 e. The van der Waals surface area contributed by atoms with Gasteiger partial charge in [0, 0.05) is 38.0 Å². The molecule has 1 aromatic heterocycles. The number of H-pyrrole nitrogens is 1. The lowest BCUT2D eigenvalue weighted by Gasteiger charge is -2.10. The molecule has 0 saturated carbocycles. The first-order chi connectivity index (χ1) is 10.3. The molecule has 0 aliphatic carbocycles. The van der Waals surface area contributed by atoms with E-state index < -0.39 is 0 Å². The minimum atomic E-state index is 0. The third-order valence-corrected chi connectivity index (χ3v) is 3.16. The van der Waals surface area contributed by atoms with E-state index in [0.717, 1.165) is 43.3 Å². The number of nitrogens with zero attached hydrogens (tertiary/aromatic N) is 1. The maximum absolute atomic E-state index is 5.04. The van der Waals surface area contributed by atoms with E-state index in [4.69, 9.17) is 4.74 Å². The predicted molar refractivity (Wildman–Crippen MR) is 103 cm³/mol. The molecular weight excluding hydrogens is 391 g/mol. The van der Waals surface area contributed by atoms with E-state index in [1.54, 1.807) is 7.11 Å². The number of rotatable bonds is 7. The monoisotopic (exact) mass is 416 g/mol. The maximum Gasteiger partial charge on any atom is 0.191 e. The summed E-state index contributed by atoms with van der Waals surface area (Å²) in [5, 5.41) is 7.78. The number of guanidine groups is 1. The van der Waals surface area contributed by atoms with Gasteiger partial charge in [0.05, 0.1) is 6.54 Å². The van der Waals surface area contributed by atoms with Gasteiger partial charge in [-0.15, -0.1) is 24.0 Å². The van der Waals surface area contributed by atoms with Crippen molar-refractivity contribution < 1.29 is 4.74 Å². The lowest BCUT2D eigenvalue weighted by atomic mass is 10.2. The van der Waals surface area contributed by atoms with E-state index in [-0.39, 0.29) is 24.0 Å². The number of fused-ring (bicyclic) bond motifs is 1. The van der Waals surface area contributed by atoms with Gasteiger partial charge in [0.15, 0.2) is 5.96 Å². The summed E-state index contributed by atoms with van der Waals surface area (Å²) < 4.78 is 5.04. The summed E-state index contributed by atoms with van der Waals surface area (Å²) in [7, 11) is 1.72. The standard InChI is InChI=1S/C16H24N4O.HI/c1-3-17-16(18-9-6-10-21-2)19-12-14-11-13-7-4-5-8-15(13)20-14;/h4-5,7-8,11,20H,3,6,9-10,12H2,1-2H3,(H2,17,18,19);1H. The number of nitrogens with one attached hydrogen (secondary N) is 3. The lowest BCUT2D eigenvalue weighted by Crippen LogP contribution is -2.38. The highest BCUT2D eigenvalue weighted by atomic mass is 127. The molecule has 0 bridgehead atoms. The van der Waals surface area contributed by atoms with E-state index >= 15 is 0 Å². The van der Waals surface area contributed by atoms with E-state index in [9.17, 15) is 0 Å². The first-order valence-corrected chi connectivity index (χ1v) is 7.41. The van der Waals surface area contributed by atoms with Crippen LogP contribution < -0.4 is 10.6 Å². The Kier molecular flexibility index (Phi) is 8.91. The number of hydrogen-bond donors (Lipinski definition) is 3. The van der Waals surface area contributed by atoms with Gasteiger partial charge in [0.2, 0.25) is 0 Å². The van der Waals surface area contributed by atoms with Gasteiger partial charge in [-0.3, -0.25) is 0 Å².